The van der Waals surface area contributed by atoms with E-state index in [-0.39, 0.29) is 39.9 Å². The van der Waals surface area contributed by atoms with Gasteiger partial charge in [0.25, 0.3) is 0 Å². The monoisotopic (exact) mass is 316 g/mol. The summed E-state index contributed by atoms with van der Waals surface area (Å²) in [7, 11) is 0. The molecule has 0 aliphatic heterocycles. The van der Waals surface area contributed by atoms with Crippen LogP contribution in [0.5, 0.6) is 11.5 Å². The quantitative estimate of drug-likeness (QED) is 0.725. The fraction of sp³-hybridized carbons (Fsp3) is 0.650. The van der Waals surface area contributed by atoms with Crippen molar-refractivity contribution in [1.29, 1.82) is 0 Å². The number of ketones is 1. The summed E-state index contributed by atoms with van der Waals surface area (Å²) in [4.78, 5) is 12.8. The van der Waals surface area contributed by atoms with Gasteiger partial charge in [-0.1, -0.05) is 41.0 Å². The van der Waals surface area contributed by atoms with Gasteiger partial charge in [-0.3, -0.25) is 4.79 Å². The highest BCUT2D eigenvalue weighted by molar-refractivity contribution is 6.01. The minimum atomic E-state index is -0.248. The molecule has 0 heterocycles. The zero-order valence-electron chi connectivity index (χ0n) is 14.9. The van der Waals surface area contributed by atoms with Gasteiger partial charge in [-0.05, 0) is 36.2 Å². The van der Waals surface area contributed by atoms with Crippen molar-refractivity contribution in [2.75, 3.05) is 0 Å². The van der Waals surface area contributed by atoms with Gasteiger partial charge in [0.05, 0.1) is 0 Å². The lowest BCUT2D eigenvalue weighted by Crippen LogP contribution is -2.49. The van der Waals surface area contributed by atoms with Crippen LogP contribution in [0.1, 0.15) is 87.7 Å². The summed E-state index contributed by atoms with van der Waals surface area (Å²) < 4.78 is 0. The molecule has 1 saturated carbocycles. The van der Waals surface area contributed by atoms with Gasteiger partial charge in [-0.2, -0.15) is 0 Å². The molecule has 2 N–H and O–H groups in total. The Morgan fingerprint density at radius 2 is 1.78 bits per heavy atom. The Labute approximate surface area is 138 Å². The molecule has 1 fully saturated rings. The number of phenols is 2. The Morgan fingerprint density at radius 1 is 1.13 bits per heavy atom. The zero-order chi connectivity index (χ0) is 17.2. The Hall–Kier alpha value is -1.51. The van der Waals surface area contributed by atoms with Crippen LogP contribution in [0.2, 0.25) is 0 Å². The third-order valence-electron chi connectivity index (χ3n) is 6.42. The van der Waals surface area contributed by atoms with Gasteiger partial charge in [-0.25, -0.2) is 0 Å². The van der Waals surface area contributed by atoms with E-state index in [2.05, 4.69) is 20.8 Å². The second kappa shape index (κ2) is 4.99. The first-order valence-electron chi connectivity index (χ1n) is 8.72. The molecule has 1 aromatic rings. The molecule has 3 nitrogen and oxygen atoms in total. The van der Waals surface area contributed by atoms with Crippen molar-refractivity contribution < 1.29 is 15.0 Å². The molecule has 0 aromatic heterocycles. The molecular weight excluding hydrogens is 288 g/mol. The Bertz CT molecular complexity index is 672. The van der Waals surface area contributed by atoms with Crippen LogP contribution < -0.4 is 0 Å². The topological polar surface area (TPSA) is 57.5 Å². The van der Waals surface area contributed by atoms with Crippen LogP contribution in [-0.2, 0) is 5.41 Å². The molecule has 0 spiro atoms. The predicted octanol–water partition coefficient (Wildman–Crippen LogP) is 4.89. The summed E-state index contributed by atoms with van der Waals surface area (Å²) in [6.45, 7) is 10.5. The van der Waals surface area contributed by atoms with E-state index < -0.39 is 0 Å². The Balaban J connectivity index is 2.28. The fourth-order valence-electron chi connectivity index (χ4n) is 5.14. The second-order valence-electron chi connectivity index (χ2n) is 8.68. The molecule has 0 bridgehead atoms. The summed E-state index contributed by atoms with van der Waals surface area (Å²) >= 11 is 0. The number of carbonyl (C=O) groups excluding carboxylic acids is 1. The summed E-state index contributed by atoms with van der Waals surface area (Å²) in [6.07, 6.45) is 3.68. The third-order valence-corrected chi connectivity index (χ3v) is 6.42. The van der Waals surface area contributed by atoms with E-state index in [0.717, 1.165) is 19.3 Å². The average molecular weight is 316 g/mol. The predicted molar refractivity (Wildman–Crippen MR) is 91.3 cm³/mol. The maximum atomic E-state index is 12.8. The first-order valence-corrected chi connectivity index (χ1v) is 8.72. The van der Waals surface area contributed by atoms with Crippen LogP contribution in [0, 0.1) is 11.3 Å². The minimum absolute atomic E-state index is 0.0446. The lowest BCUT2D eigenvalue weighted by atomic mass is 9.50. The molecule has 2 aliphatic rings. The molecule has 0 radical (unpaired) electrons. The molecule has 0 saturated heterocycles. The highest BCUT2D eigenvalue weighted by Crippen LogP contribution is 2.60. The van der Waals surface area contributed by atoms with Gasteiger partial charge < -0.3 is 10.2 Å². The minimum Gasteiger partial charge on any atom is -0.504 e. The number of benzene rings is 1. The summed E-state index contributed by atoms with van der Waals surface area (Å²) in [6, 6.07) is 1.82. The smallest absolute Gasteiger partial charge is 0.163 e. The number of phenolic OH excluding ortho intramolecular Hbond substituents is 2. The molecule has 0 amide bonds. The molecule has 2 atom stereocenters. The molecule has 2 aliphatic carbocycles. The van der Waals surface area contributed by atoms with Crippen LogP contribution in [0.15, 0.2) is 6.07 Å². The molecular formula is C20H28O3. The normalized spacial score (nSPS) is 29.3. The number of carbonyl (C=O) groups is 1. The lowest BCUT2D eigenvalue weighted by molar-refractivity contribution is 0.0354. The van der Waals surface area contributed by atoms with Gasteiger partial charge in [0.15, 0.2) is 17.3 Å². The SMILES string of the molecule is CC(C)c1cc2c(c(O)c1O)[C@]1(C)CCCC(C)(C)[C@H]1CC2=O. The van der Waals surface area contributed by atoms with Crippen LogP contribution in [0.25, 0.3) is 0 Å². The Kier molecular flexibility index (Phi) is 3.55. The van der Waals surface area contributed by atoms with Crippen molar-refractivity contribution in [1.82, 2.24) is 0 Å². The van der Waals surface area contributed by atoms with Crippen molar-refractivity contribution in [3.05, 3.63) is 22.8 Å². The lowest BCUT2D eigenvalue weighted by Gasteiger charge is -2.53. The van der Waals surface area contributed by atoms with Crippen LogP contribution in [-0.4, -0.2) is 16.0 Å². The number of fused-ring (bicyclic) bond motifs is 3. The van der Waals surface area contributed by atoms with Gasteiger partial charge in [0, 0.05) is 28.5 Å². The van der Waals surface area contributed by atoms with Crippen LogP contribution >= 0.6 is 0 Å². The molecule has 126 valence electrons. The highest BCUT2D eigenvalue weighted by Gasteiger charge is 2.53. The summed E-state index contributed by atoms with van der Waals surface area (Å²) in [5.74, 6) is 0.266. The van der Waals surface area contributed by atoms with Crippen molar-refractivity contribution in [3.8, 4) is 11.5 Å². The maximum Gasteiger partial charge on any atom is 0.163 e. The largest absolute Gasteiger partial charge is 0.504 e. The summed E-state index contributed by atoms with van der Waals surface area (Å²) in [5, 5.41) is 21.2. The van der Waals surface area contributed by atoms with E-state index in [9.17, 15) is 15.0 Å². The van der Waals surface area contributed by atoms with Crippen molar-refractivity contribution in [2.45, 2.75) is 71.6 Å². The molecule has 23 heavy (non-hydrogen) atoms. The highest BCUT2D eigenvalue weighted by atomic mass is 16.3. The standard InChI is InChI=1S/C20H28O3/c1-11(2)12-9-13-14(21)10-15-19(3,4)7-6-8-20(15,5)16(13)18(23)17(12)22/h9,11,15,22-23H,6-8,10H2,1-5H3/t15-,20-/m1/s1. The molecule has 1 aromatic carbocycles. The maximum absolute atomic E-state index is 12.8. The van der Waals surface area contributed by atoms with Gasteiger partial charge in [0.1, 0.15) is 0 Å². The van der Waals surface area contributed by atoms with E-state index in [1.807, 2.05) is 19.9 Å². The summed E-state index contributed by atoms with van der Waals surface area (Å²) in [5.41, 5.74) is 1.79. The van der Waals surface area contributed by atoms with Gasteiger partial charge >= 0.3 is 0 Å². The van der Waals surface area contributed by atoms with Gasteiger partial charge in [-0.15, -0.1) is 0 Å². The number of hydrogen-bond donors (Lipinski definition) is 2. The van der Waals surface area contributed by atoms with Crippen molar-refractivity contribution in [2.24, 2.45) is 11.3 Å². The number of aromatic hydroxyl groups is 2. The molecule has 3 heteroatoms. The van der Waals surface area contributed by atoms with E-state index >= 15 is 0 Å². The zero-order valence-corrected chi connectivity index (χ0v) is 14.9. The first kappa shape index (κ1) is 16.4. The van der Waals surface area contributed by atoms with Gasteiger partial charge in [0.2, 0.25) is 0 Å². The fourth-order valence-corrected chi connectivity index (χ4v) is 5.14. The van der Waals surface area contributed by atoms with Crippen molar-refractivity contribution >= 4 is 5.78 Å². The Morgan fingerprint density at radius 3 is 2.39 bits per heavy atom. The molecule has 0 unspecified atom stereocenters. The van der Waals surface area contributed by atoms with Crippen LogP contribution in [0.3, 0.4) is 0 Å². The van der Waals surface area contributed by atoms with E-state index in [0.29, 0.717) is 23.1 Å². The molecule has 3 rings (SSSR count). The van der Waals surface area contributed by atoms with Crippen LogP contribution in [0.4, 0.5) is 0 Å². The van der Waals surface area contributed by atoms with E-state index in [1.165, 1.54) is 0 Å². The van der Waals surface area contributed by atoms with E-state index in [1.54, 1.807) is 0 Å². The second-order valence-corrected chi connectivity index (χ2v) is 8.68. The number of Topliss-reactive ketones (excluding diaryl/α,β-unsaturated/α-hetero) is 1. The average Bonchev–Trinajstić information content (AvgIpc) is 2.43. The van der Waals surface area contributed by atoms with E-state index in [4.69, 9.17) is 0 Å². The number of hydrogen-bond acceptors (Lipinski definition) is 3. The van der Waals surface area contributed by atoms with Crippen molar-refractivity contribution in [3.63, 3.8) is 0 Å². The third kappa shape index (κ3) is 2.20. The first-order chi connectivity index (χ1) is 10.6. The number of rotatable bonds is 1.